The van der Waals surface area contributed by atoms with Crippen LogP contribution in [-0.2, 0) is 4.79 Å². The number of carbonyl (C=O) groups excluding carboxylic acids is 2. The van der Waals surface area contributed by atoms with Gasteiger partial charge in [0.15, 0.2) is 6.61 Å². The molecule has 6 nitrogen and oxygen atoms in total. The summed E-state index contributed by atoms with van der Waals surface area (Å²) in [6.45, 7) is 7.17. The molecule has 0 aliphatic carbocycles. The average molecular weight is 293 g/mol. The van der Waals surface area contributed by atoms with E-state index in [1.807, 2.05) is 0 Å². The Morgan fingerprint density at radius 3 is 2.52 bits per heavy atom. The summed E-state index contributed by atoms with van der Waals surface area (Å²) >= 11 is 0. The van der Waals surface area contributed by atoms with Crippen LogP contribution < -0.4 is 15.8 Å². The highest BCUT2D eigenvalue weighted by Gasteiger charge is 2.12. The predicted octanol–water partition coefficient (Wildman–Crippen LogP) is 0.622. The van der Waals surface area contributed by atoms with Crippen LogP contribution in [0.25, 0.3) is 0 Å². The molecule has 3 N–H and O–H groups in total. The Morgan fingerprint density at radius 1 is 1.24 bits per heavy atom. The van der Waals surface area contributed by atoms with Crippen LogP contribution in [0.5, 0.6) is 5.75 Å². The lowest BCUT2D eigenvalue weighted by atomic mass is 10.2. The second-order valence-electron chi connectivity index (χ2n) is 4.53. The summed E-state index contributed by atoms with van der Waals surface area (Å²) in [6.07, 6.45) is 0. The van der Waals surface area contributed by atoms with E-state index in [1.54, 1.807) is 24.3 Å². The third-order valence-corrected chi connectivity index (χ3v) is 3.11. The quantitative estimate of drug-likeness (QED) is 0.699. The molecule has 1 aromatic rings. The van der Waals surface area contributed by atoms with E-state index in [0.29, 0.717) is 17.9 Å². The van der Waals surface area contributed by atoms with Crippen LogP contribution in [0.15, 0.2) is 24.3 Å². The SMILES string of the molecule is CCN(CC)CCNC(=O)c1ccccc1OCC(N)=O. The van der Waals surface area contributed by atoms with Crippen molar-refractivity contribution in [2.75, 3.05) is 32.8 Å². The van der Waals surface area contributed by atoms with Crippen molar-refractivity contribution < 1.29 is 14.3 Å². The summed E-state index contributed by atoms with van der Waals surface area (Å²) in [4.78, 5) is 25.1. The lowest BCUT2D eigenvalue weighted by Crippen LogP contribution is -2.35. The molecular weight excluding hydrogens is 270 g/mol. The number of hydrogen-bond acceptors (Lipinski definition) is 4. The maximum Gasteiger partial charge on any atom is 0.255 e. The number of benzene rings is 1. The van der Waals surface area contributed by atoms with Crippen molar-refractivity contribution in [2.45, 2.75) is 13.8 Å². The molecule has 0 unspecified atom stereocenters. The fourth-order valence-electron chi connectivity index (χ4n) is 1.89. The van der Waals surface area contributed by atoms with Gasteiger partial charge in [0, 0.05) is 13.1 Å². The van der Waals surface area contributed by atoms with Crippen molar-refractivity contribution in [3.05, 3.63) is 29.8 Å². The number of nitrogens with zero attached hydrogens (tertiary/aromatic N) is 1. The first kappa shape index (κ1) is 17.0. The Balaban J connectivity index is 2.59. The molecule has 0 aliphatic rings. The van der Waals surface area contributed by atoms with Crippen molar-refractivity contribution in [2.24, 2.45) is 5.73 Å². The van der Waals surface area contributed by atoms with Crippen LogP contribution in [-0.4, -0.2) is 49.5 Å². The Hall–Kier alpha value is -2.08. The summed E-state index contributed by atoms with van der Waals surface area (Å²) in [5.74, 6) is -0.439. The molecule has 1 aromatic carbocycles. The monoisotopic (exact) mass is 293 g/mol. The van der Waals surface area contributed by atoms with Crippen molar-refractivity contribution in [1.82, 2.24) is 10.2 Å². The number of nitrogens with one attached hydrogen (secondary N) is 1. The molecule has 0 spiro atoms. The van der Waals surface area contributed by atoms with Crippen LogP contribution in [0.1, 0.15) is 24.2 Å². The minimum atomic E-state index is -0.577. The van der Waals surface area contributed by atoms with Crippen molar-refractivity contribution in [3.8, 4) is 5.75 Å². The number of ether oxygens (including phenoxy) is 1. The predicted molar refractivity (Wildman–Crippen MR) is 81.3 cm³/mol. The molecule has 0 atom stereocenters. The number of likely N-dealkylation sites (N-methyl/N-ethyl adjacent to an activating group) is 1. The molecule has 21 heavy (non-hydrogen) atoms. The summed E-state index contributed by atoms with van der Waals surface area (Å²) in [7, 11) is 0. The standard InChI is InChI=1S/C15H23N3O3/c1-3-18(4-2)10-9-17-15(20)12-7-5-6-8-13(12)21-11-14(16)19/h5-8H,3-4,9-11H2,1-2H3,(H2,16,19)(H,17,20). The molecule has 0 heterocycles. The van der Waals surface area contributed by atoms with Gasteiger partial charge in [-0.05, 0) is 25.2 Å². The zero-order chi connectivity index (χ0) is 15.7. The number of primary amides is 1. The summed E-state index contributed by atoms with van der Waals surface area (Å²) in [5.41, 5.74) is 5.44. The van der Waals surface area contributed by atoms with Gasteiger partial charge in [-0.3, -0.25) is 9.59 Å². The molecule has 0 radical (unpaired) electrons. The number of amides is 2. The molecule has 6 heteroatoms. The Morgan fingerprint density at radius 2 is 1.90 bits per heavy atom. The molecule has 0 fully saturated rings. The second kappa shape index (κ2) is 8.97. The number of carbonyl (C=O) groups is 2. The molecule has 0 aliphatic heterocycles. The Kier molecular flexibility index (Phi) is 7.25. The maximum atomic E-state index is 12.1. The highest BCUT2D eigenvalue weighted by Crippen LogP contribution is 2.17. The molecule has 2 amide bonds. The van der Waals surface area contributed by atoms with Crippen LogP contribution in [0.3, 0.4) is 0 Å². The second-order valence-corrected chi connectivity index (χ2v) is 4.53. The van der Waals surface area contributed by atoms with Crippen molar-refractivity contribution in [3.63, 3.8) is 0 Å². The van der Waals surface area contributed by atoms with E-state index >= 15 is 0 Å². The van der Waals surface area contributed by atoms with E-state index in [9.17, 15) is 9.59 Å². The van der Waals surface area contributed by atoms with Gasteiger partial charge >= 0.3 is 0 Å². The van der Waals surface area contributed by atoms with E-state index in [4.69, 9.17) is 10.5 Å². The minimum absolute atomic E-state index is 0.220. The van der Waals surface area contributed by atoms with E-state index in [0.717, 1.165) is 19.6 Å². The maximum absolute atomic E-state index is 12.1. The van der Waals surface area contributed by atoms with Crippen LogP contribution in [0.4, 0.5) is 0 Å². The van der Waals surface area contributed by atoms with Crippen LogP contribution in [0.2, 0.25) is 0 Å². The molecule has 0 bridgehead atoms. The third kappa shape index (κ3) is 5.83. The van der Waals surface area contributed by atoms with Gasteiger partial charge < -0.3 is 20.7 Å². The summed E-state index contributed by atoms with van der Waals surface area (Å²) in [5, 5.41) is 2.85. The normalized spacial score (nSPS) is 10.4. The van der Waals surface area contributed by atoms with Gasteiger partial charge in [0.2, 0.25) is 0 Å². The highest BCUT2D eigenvalue weighted by atomic mass is 16.5. The topological polar surface area (TPSA) is 84.7 Å². The van der Waals surface area contributed by atoms with Gasteiger partial charge in [-0.15, -0.1) is 0 Å². The van der Waals surface area contributed by atoms with E-state index in [2.05, 4.69) is 24.1 Å². The Labute approximate surface area is 125 Å². The van der Waals surface area contributed by atoms with Gasteiger partial charge in [-0.25, -0.2) is 0 Å². The van der Waals surface area contributed by atoms with Gasteiger partial charge in [0.25, 0.3) is 11.8 Å². The third-order valence-electron chi connectivity index (χ3n) is 3.11. The number of hydrogen-bond donors (Lipinski definition) is 2. The van der Waals surface area contributed by atoms with Gasteiger partial charge in [-0.1, -0.05) is 26.0 Å². The smallest absolute Gasteiger partial charge is 0.255 e. The largest absolute Gasteiger partial charge is 0.483 e. The molecule has 116 valence electrons. The van der Waals surface area contributed by atoms with E-state index in [1.165, 1.54) is 0 Å². The summed E-state index contributed by atoms with van der Waals surface area (Å²) in [6, 6.07) is 6.78. The molecule has 0 saturated heterocycles. The fourth-order valence-corrected chi connectivity index (χ4v) is 1.89. The molecule has 1 rings (SSSR count). The molecule has 0 saturated carbocycles. The number of rotatable bonds is 9. The Bertz CT molecular complexity index is 473. The lowest BCUT2D eigenvalue weighted by molar-refractivity contribution is -0.119. The molecule has 0 aromatic heterocycles. The van der Waals surface area contributed by atoms with Gasteiger partial charge in [0.05, 0.1) is 5.56 Å². The minimum Gasteiger partial charge on any atom is -0.483 e. The zero-order valence-corrected chi connectivity index (χ0v) is 12.6. The van der Waals surface area contributed by atoms with Crippen LogP contribution >= 0.6 is 0 Å². The van der Waals surface area contributed by atoms with E-state index in [-0.39, 0.29) is 12.5 Å². The highest BCUT2D eigenvalue weighted by molar-refractivity contribution is 5.97. The van der Waals surface area contributed by atoms with Crippen LogP contribution in [0, 0.1) is 0 Å². The zero-order valence-electron chi connectivity index (χ0n) is 12.6. The number of para-hydroxylation sites is 1. The first-order valence-corrected chi connectivity index (χ1v) is 7.09. The van der Waals surface area contributed by atoms with E-state index < -0.39 is 5.91 Å². The van der Waals surface area contributed by atoms with Gasteiger partial charge in [-0.2, -0.15) is 0 Å². The fraction of sp³-hybridized carbons (Fsp3) is 0.467. The number of nitrogens with two attached hydrogens (primary N) is 1. The van der Waals surface area contributed by atoms with Crippen molar-refractivity contribution in [1.29, 1.82) is 0 Å². The van der Waals surface area contributed by atoms with Crippen molar-refractivity contribution >= 4 is 11.8 Å². The lowest BCUT2D eigenvalue weighted by Gasteiger charge is -2.18. The first-order valence-electron chi connectivity index (χ1n) is 7.09. The first-order chi connectivity index (χ1) is 10.1. The average Bonchev–Trinajstić information content (AvgIpc) is 2.49. The van der Waals surface area contributed by atoms with Gasteiger partial charge in [0.1, 0.15) is 5.75 Å². The molecular formula is C15H23N3O3. The summed E-state index contributed by atoms with van der Waals surface area (Å²) < 4.78 is 5.24.